The zero-order valence-corrected chi connectivity index (χ0v) is 10.3. The summed E-state index contributed by atoms with van der Waals surface area (Å²) in [5.41, 5.74) is -0.228. The van der Waals surface area contributed by atoms with Gasteiger partial charge >= 0.3 is 0 Å². The SMILES string of the molecule is CCn1cc(OCC(=O)NC(C)(C)C)cn1. The highest BCUT2D eigenvalue weighted by atomic mass is 16.5. The number of hydrogen-bond donors (Lipinski definition) is 1. The summed E-state index contributed by atoms with van der Waals surface area (Å²) >= 11 is 0. The molecule has 16 heavy (non-hydrogen) atoms. The Labute approximate surface area is 95.8 Å². The fraction of sp³-hybridized carbons (Fsp3) is 0.636. The molecule has 1 heterocycles. The predicted molar refractivity (Wildman–Crippen MR) is 61.3 cm³/mol. The largest absolute Gasteiger partial charge is 0.480 e. The van der Waals surface area contributed by atoms with Crippen molar-refractivity contribution in [3.8, 4) is 5.75 Å². The monoisotopic (exact) mass is 225 g/mol. The highest BCUT2D eigenvalue weighted by molar-refractivity contribution is 5.78. The first-order valence-corrected chi connectivity index (χ1v) is 5.37. The first-order chi connectivity index (χ1) is 7.40. The fourth-order valence-electron chi connectivity index (χ4n) is 1.20. The number of carbonyl (C=O) groups is 1. The molecule has 0 aliphatic carbocycles. The summed E-state index contributed by atoms with van der Waals surface area (Å²) in [6.07, 6.45) is 3.37. The molecule has 1 N–H and O–H groups in total. The summed E-state index contributed by atoms with van der Waals surface area (Å²) in [6, 6.07) is 0. The molecule has 0 saturated heterocycles. The number of carbonyl (C=O) groups excluding carboxylic acids is 1. The van der Waals surface area contributed by atoms with E-state index in [0.29, 0.717) is 5.75 Å². The van der Waals surface area contributed by atoms with Gasteiger partial charge in [0.2, 0.25) is 0 Å². The highest BCUT2D eigenvalue weighted by Gasteiger charge is 2.14. The van der Waals surface area contributed by atoms with Gasteiger partial charge in [-0.15, -0.1) is 0 Å². The number of amides is 1. The van der Waals surface area contributed by atoms with E-state index in [1.807, 2.05) is 27.7 Å². The Morgan fingerprint density at radius 2 is 2.25 bits per heavy atom. The molecule has 1 rings (SSSR count). The fourth-order valence-corrected chi connectivity index (χ4v) is 1.20. The van der Waals surface area contributed by atoms with Crippen molar-refractivity contribution in [1.29, 1.82) is 0 Å². The minimum Gasteiger partial charge on any atom is -0.480 e. The van der Waals surface area contributed by atoms with Crippen molar-refractivity contribution in [2.45, 2.75) is 39.8 Å². The van der Waals surface area contributed by atoms with Crippen molar-refractivity contribution in [3.05, 3.63) is 12.4 Å². The van der Waals surface area contributed by atoms with E-state index in [4.69, 9.17) is 4.74 Å². The van der Waals surface area contributed by atoms with Crippen molar-refractivity contribution >= 4 is 5.91 Å². The number of nitrogens with one attached hydrogen (secondary N) is 1. The van der Waals surface area contributed by atoms with Crippen LogP contribution < -0.4 is 10.1 Å². The Bertz CT molecular complexity index is 352. The second kappa shape index (κ2) is 5.01. The summed E-state index contributed by atoms with van der Waals surface area (Å²) < 4.78 is 7.05. The Morgan fingerprint density at radius 1 is 1.56 bits per heavy atom. The van der Waals surface area contributed by atoms with Crippen LogP contribution in [-0.2, 0) is 11.3 Å². The molecule has 1 aromatic heterocycles. The van der Waals surface area contributed by atoms with Crippen LogP contribution in [0.15, 0.2) is 12.4 Å². The number of ether oxygens (including phenoxy) is 1. The molecule has 1 amide bonds. The van der Waals surface area contributed by atoms with Crippen LogP contribution in [0.4, 0.5) is 0 Å². The molecule has 5 heteroatoms. The highest BCUT2D eigenvalue weighted by Crippen LogP contribution is 2.07. The topological polar surface area (TPSA) is 56.1 Å². The van der Waals surface area contributed by atoms with Crippen LogP contribution in [0.3, 0.4) is 0 Å². The van der Waals surface area contributed by atoms with Crippen LogP contribution in [-0.4, -0.2) is 27.8 Å². The summed E-state index contributed by atoms with van der Waals surface area (Å²) in [5, 5.41) is 6.87. The van der Waals surface area contributed by atoms with Crippen molar-refractivity contribution < 1.29 is 9.53 Å². The molecule has 0 radical (unpaired) electrons. The molecule has 90 valence electrons. The van der Waals surface area contributed by atoms with E-state index in [1.165, 1.54) is 0 Å². The summed E-state index contributed by atoms with van der Waals surface area (Å²) in [7, 11) is 0. The molecule has 5 nitrogen and oxygen atoms in total. The maximum absolute atomic E-state index is 11.4. The third-order valence-electron chi connectivity index (χ3n) is 1.82. The minimum absolute atomic E-state index is 0.0205. The first kappa shape index (κ1) is 12.5. The second-order valence-electron chi connectivity index (χ2n) is 4.62. The van der Waals surface area contributed by atoms with Crippen LogP contribution in [0.5, 0.6) is 5.75 Å². The van der Waals surface area contributed by atoms with Crippen LogP contribution in [0.2, 0.25) is 0 Å². The summed E-state index contributed by atoms with van der Waals surface area (Å²) in [4.78, 5) is 11.4. The Morgan fingerprint density at radius 3 is 2.75 bits per heavy atom. The number of aryl methyl sites for hydroxylation is 1. The van der Waals surface area contributed by atoms with Gasteiger partial charge in [0, 0.05) is 12.1 Å². The van der Waals surface area contributed by atoms with E-state index in [-0.39, 0.29) is 18.1 Å². The van der Waals surface area contributed by atoms with Gasteiger partial charge in [-0.3, -0.25) is 9.48 Å². The van der Waals surface area contributed by atoms with Gasteiger partial charge in [0.1, 0.15) is 0 Å². The molecule has 0 unspecified atom stereocenters. The first-order valence-electron chi connectivity index (χ1n) is 5.37. The lowest BCUT2D eigenvalue weighted by Crippen LogP contribution is -2.43. The van der Waals surface area contributed by atoms with E-state index in [0.717, 1.165) is 6.54 Å². The number of rotatable bonds is 4. The predicted octanol–water partition coefficient (Wildman–Crippen LogP) is 1.20. The van der Waals surface area contributed by atoms with E-state index in [1.54, 1.807) is 17.1 Å². The van der Waals surface area contributed by atoms with E-state index >= 15 is 0 Å². The molecule has 0 aliphatic rings. The maximum atomic E-state index is 11.4. The molecule has 0 fully saturated rings. The average Bonchev–Trinajstić information content (AvgIpc) is 2.59. The molecule has 0 saturated carbocycles. The molecule has 0 spiro atoms. The number of nitrogens with zero attached hydrogens (tertiary/aromatic N) is 2. The van der Waals surface area contributed by atoms with Gasteiger partial charge in [-0.25, -0.2) is 0 Å². The van der Waals surface area contributed by atoms with Crippen molar-refractivity contribution in [1.82, 2.24) is 15.1 Å². The number of hydrogen-bond acceptors (Lipinski definition) is 3. The van der Waals surface area contributed by atoms with Crippen LogP contribution in [0.1, 0.15) is 27.7 Å². The Balaban J connectivity index is 2.37. The van der Waals surface area contributed by atoms with Crippen molar-refractivity contribution in [2.24, 2.45) is 0 Å². The van der Waals surface area contributed by atoms with Crippen molar-refractivity contribution in [2.75, 3.05) is 6.61 Å². The normalized spacial score (nSPS) is 11.2. The zero-order chi connectivity index (χ0) is 12.2. The van der Waals surface area contributed by atoms with Crippen molar-refractivity contribution in [3.63, 3.8) is 0 Å². The van der Waals surface area contributed by atoms with Gasteiger partial charge in [-0.2, -0.15) is 5.10 Å². The smallest absolute Gasteiger partial charge is 0.258 e. The lowest BCUT2D eigenvalue weighted by molar-refractivity contribution is -0.124. The number of aromatic nitrogens is 2. The molecular formula is C11H19N3O2. The molecule has 0 bridgehead atoms. The van der Waals surface area contributed by atoms with E-state index < -0.39 is 0 Å². The molecule has 0 aromatic carbocycles. The third kappa shape index (κ3) is 4.33. The Kier molecular flexibility index (Phi) is 3.93. The van der Waals surface area contributed by atoms with Gasteiger partial charge < -0.3 is 10.1 Å². The zero-order valence-electron chi connectivity index (χ0n) is 10.3. The molecule has 0 aliphatic heterocycles. The lowest BCUT2D eigenvalue weighted by atomic mass is 10.1. The lowest BCUT2D eigenvalue weighted by Gasteiger charge is -2.20. The van der Waals surface area contributed by atoms with Crippen LogP contribution in [0.25, 0.3) is 0 Å². The van der Waals surface area contributed by atoms with Crippen LogP contribution >= 0.6 is 0 Å². The van der Waals surface area contributed by atoms with Gasteiger partial charge in [0.25, 0.3) is 5.91 Å². The van der Waals surface area contributed by atoms with Crippen LogP contribution in [0, 0.1) is 0 Å². The average molecular weight is 225 g/mol. The minimum atomic E-state index is -0.228. The van der Waals surface area contributed by atoms with Gasteiger partial charge in [-0.05, 0) is 27.7 Å². The summed E-state index contributed by atoms with van der Waals surface area (Å²) in [5.74, 6) is 0.489. The third-order valence-corrected chi connectivity index (χ3v) is 1.82. The van der Waals surface area contributed by atoms with Gasteiger partial charge in [-0.1, -0.05) is 0 Å². The maximum Gasteiger partial charge on any atom is 0.258 e. The van der Waals surface area contributed by atoms with Gasteiger partial charge in [0.15, 0.2) is 12.4 Å². The van der Waals surface area contributed by atoms with E-state index in [9.17, 15) is 4.79 Å². The second-order valence-corrected chi connectivity index (χ2v) is 4.62. The molecular weight excluding hydrogens is 206 g/mol. The molecule has 0 atom stereocenters. The van der Waals surface area contributed by atoms with E-state index in [2.05, 4.69) is 10.4 Å². The quantitative estimate of drug-likeness (QED) is 0.837. The summed E-state index contributed by atoms with van der Waals surface area (Å²) in [6.45, 7) is 8.59. The van der Waals surface area contributed by atoms with Gasteiger partial charge in [0.05, 0.1) is 12.4 Å². The molecule has 1 aromatic rings. The Hall–Kier alpha value is -1.52. The standard InChI is InChI=1S/C11H19N3O2/c1-5-14-7-9(6-12-14)16-8-10(15)13-11(2,3)4/h6-7H,5,8H2,1-4H3,(H,13,15).